The molecule has 0 aromatic carbocycles. The van der Waals surface area contributed by atoms with Crippen LogP contribution in [0.1, 0.15) is 0 Å². The zero-order chi connectivity index (χ0) is 6.41. The fourth-order valence-corrected chi connectivity index (χ4v) is 0. The SMILES string of the molecule is F[As-](F)(F)(F)(F)F.[Na+]. The Morgan fingerprint density at radius 1 is 0.625 bits per heavy atom. The molecule has 0 unspecified atom stereocenters. The molecule has 0 rings (SSSR count). The zero-order valence-corrected chi connectivity index (χ0v) is 7.59. The van der Waals surface area contributed by atoms with Crippen LogP contribution in [0.5, 0.6) is 0 Å². The molecule has 0 radical (unpaired) electrons. The summed E-state index contributed by atoms with van der Waals surface area (Å²) in [5.41, 5.74) is 0. The van der Waals surface area contributed by atoms with Crippen LogP contribution >= 0.6 is 0 Å². The number of hydrogen-bond donors (Lipinski definition) is 0. The molecule has 0 heterocycles. The summed E-state index contributed by atoms with van der Waals surface area (Å²) in [5.74, 6) is 0. The Bertz CT molecular complexity index is 67.1. The van der Waals surface area contributed by atoms with Gasteiger partial charge in [-0.1, -0.05) is 0 Å². The second-order valence-corrected chi connectivity index (χ2v) is 4.98. The van der Waals surface area contributed by atoms with Gasteiger partial charge >= 0.3 is 64.5 Å². The van der Waals surface area contributed by atoms with E-state index in [0.717, 1.165) is 0 Å². The van der Waals surface area contributed by atoms with Gasteiger partial charge < -0.3 is 0 Å². The van der Waals surface area contributed by atoms with E-state index in [1.807, 2.05) is 0 Å². The van der Waals surface area contributed by atoms with Crippen LogP contribution in [0.3, 0.4) is 0 Å². The molecule has 0 spiro atoms. The fraction of sp³-hybridized carbons (Fsp3) is 0. The van der Waals surface area contributed by atoms with E-state index >= 15 is 0 Å². The topological polar surface area (TPSA) is 0 Å². The molecular weight excluding hydrogens is 212 g/mol. The van der Waals surface area contributed by atoms with Crippen LogP contribution in [0.4, 0.5) is 20.8 Å². The minimum atomic E-state index is -11.1. The van der Waals surface area contributed by atoms with Crippen molar-refractivity contribution in [1.29, 1.82) is 0 Å². The van der Waals surface area contributed by atoms with Gasteiger partial charge in [0, 0.05) is 0 Å². The number of halogens is 6. The van der Waals surface area contributed by atoms with Crippen molar-refractivity contribution >= 4 is 14.2 Å². The normalized spacial score (nSPS) is 20.2. The van der Waals surface area contributed by atoms with Crippen molar-refractivity contribution in [2.75, 3.05) is 0 Å². The third-order valence-corrected chi connectivity index (χ3v) is 0. The summed E-state index contributed by atoms with van der Waals surface area (Å²) in [7, 11) is 0. The summed E-state index contributed by atoms with van der Waals surface area (Å²) < 4.78 is 59.4. The Hall–Kier alpha value is 1.14. The Morgan fingerprint density at radius 3 is 0.625 bits per heavy atom. The maximum Gasteiger partial charge on any atom is 1.00 e. The molecule has 48 valence electrons. The van der Waals surface area contributed by atoms with Crippen molar-refractivity contribution in [3.05, 3.63) is 0 Å². The zero-order valence-electron chi connectivity index (χ0n) is 3.72. The van der Waals surface area contributed by atoms with Crippen molar-refractivity contribution in [2.45, 2.75) is 0 Å². The molecule has 0 aliphatic rings. The van der Waals surface area contributed by atoms with Crippen molar-refractivity contribution < 1.29 is 50.4 Å². The maximum atomic E-state index is 9.91. The van der Waals surface area contributed by atoms with E-state index in [1.165, 1.54) is 0 Å². The Labute approximate surface area is 64.4 Å². The molecule has 8 heteroatoms. The first-order valence-electron chi connectivity index (χ1n) is 1.01. The van der Waals surface area contributed by atoms with Gasteiger partial charge in [0.2, 0.25) is 0 Å². The van der Waals surface area contributed by atoms with E-state index in [1.54, 1.807) is 0 Å². The predicted octanol–water partition coefficient (Wildman–Crippen LogP) is -0.856. The van der Waals surface area contributed by atoms with Gasteiger partial charge in [-0.15, -0.1) is 0 Å². The van der Waals surface area contributed by atoms with Crippen LogP contribution in [0.2, 0.25) is 0 Å². The van der Waals surface area contributed by atoms with Crippen molar-refractivity contribution in [3.8, 4) is 0 Å². The molecule has 0 aliphatic heterocycles. The molecule has 0 bridgehead atoms. The smallest absolute Gasteiger partial charge is 1.00 e. The molecule has 0 saturated heterocycles. The van der Waals surface area contributed by atoms with Gasteiger partial charge in [0.25, 0.3) is 0 Å². The molecule has 0 saturated carbocycles. The van der Waals surface area contributed by atoms with Crippen molar-refractivity contribution in [1.82, 2.24) is 0 Å². The third kappa shape index (κ3) is 208. The quantitative estimate of drug-likeness (QED) is 0.362. The average molecular weight is 212 g/mol. The first-order valence-corrected chi connectivity index (χ1v) is 5.27. The van der Waals surface area contributed by atoms with Gasteiger partial charge in [0.1, 0.15) is 0 Å². The molecular formula is AsF6Na. The van der Waals surface area contributed by atoms with Gasteiger partial charge in [-0.25, -0.2) is 0 Å². The summed E-state index contributed by atoms with van der Waals surface area (Å²) in [5, 5.41) is 0. The molecule has 0 fully saturated rings. The standard InChI is InChI=1S/AsF6.Na/c2-1(3,4,5,6)7;/q-1;+1. The van der Waals surface area contributed by atoms with E-state index in [9.17, 15) is 20.8 Å². The maximum absolute atomic E-state index is 11.1. The largest absolute Gasteiger partial charge is 1.00 e. The molecule has 0 atom stereocenters. The van der Waals surface area contributed by atoms with Gasteiger partial charge in [-0.3, -0.25) is 0 Å². The Balaban J connectivity index is 0. The minimum absolute atomic E-state index is 0. The predicted molar refractivity (Wildman–Crippen MR) is 12.4 cm³/mol. The van der Waals surface area contributed by atoms with E-state index in [4.69, 9.17) is 0 Å². The number of hydrogen-bond acceptors (Lipinski definition) is 0. The minimum Gasteiger partial charge on any atom is 1.00 e. The van der Waals surface area contributed by atoms with Gasteiger partial charge in [-0.2, -0.15) is 0 Å². The summed E-state index contributed by atoms with van der Waals surface area (Å²) in [6.07, 6.45) is 0. The monoisotopic (exact) mass is 212 g/mol. The van der Waals surface area contributed by atoms with Crippen LogP contribution in [0.25, 0.3) is 0 Å². The molecule has 0 amide bonds. The van der Waals surface area contributed by atoms with Gasteiger partial charge in [0.05, 0.1) is 0 Å². The van der Waals surface area contributed by atoms with Crippen LogP contribution in [0.15, 0.2) is 0 Å². The first kappa shape index (κ1) is 11.9. The summed E-state index contributed by atoms with van der Waals surface area (Å²) in [6.45, 7) is 0. The third-order valence-electron chi connectivity index (χ3n) is 0. The number of rotatable bonds is 0. The second-order valence-electron chi connectivity index (χ2n) is 0.958. The second kappa shape index (κ2) is 1.59. The van der Waals surface area contributed by atoms with Gasteiger partial charge in [0.15, 0.2) is 0 Å². The molecule has 0 N–H and O–H groups in total. The molecule has 0 aromatic rings. The van der Waals surface area contributed by atoms with Crippen LogP contribution in [-0.2, 0) is 0 Å². The van der Waals surface area contributed by atoms with Gasteiger partial charge in [-0.05, 0) is 0 Å². The molecule has 0 aromatic heterocycles. The van der Waals surface area contributed by atoms with Crippen LogP contribution in [0, 0.1) is 0 Å². The first-order chi connectivity index (χ1) is 2.45. The van der Waals surface area contributed by atoms with Crippen molar-refractivity contribution in [2.24, 2.45) is 0 Å². The van der Waals surface area contributed by atoms with Crippen LogP contribution in [-0.4, -0.2) is 14.2 Å². The average Bonchev–Trinajstić information content (AvgIpc) is 0.592. The molecule has 8 heavy (non-hydrogen) atoms. The summed E-state index contributed by atoms with van der Waals surface area (Å²) in [4.78, 5) is 0. The summed E-state index contributed by atoms with van der Waals surface area (Å²) >= 11 is -11.1. The Morgan fingerprint density at radius 2 is 0.625 bits per heavy atom. The van der Waals surface area contributed by atoms with Crippen LogP contribution < -0.4 is 29.6 Å². The van der Waals surface area contributed by atoms with E-state index < -0.39 is 14.2 Å². The Kier molecular flexibility index (Phi) is 2.36. The summed E-state index contributed by atoms with van der Waals surface area (Å²) in [6, 6.07) is 0. The van der Waals surface area contributed by atoms with Crippen molar-refractivity contribution in [3.63, 3.8) is 0 Å². The molecule has 0 aliphatic carbocycles. The van der Waals surface area contributed by atoms with E-state index in [2.05, 4.69) is 0 Å². The van der Waals surface area contributed by atoms with E-state index in [0.29, 0.717) is 0 Å². The van der Waals surface area contributed by atoms with E-state index in [-0.39, 0.29) is 29.6 Å². The fourth-order valence-electron chi connectivity index (χ4n) is 0. The molecule has 0 nitrogen and oxygen atoms in total.